The summed E-state index contributed by atoms with van der Waals surface area (Å²) in [4.78, 5) is 24.2. The molecule has 0 N–H and O–H groups in total. The fraction of sp³-hybridized carbons (Fsp3) is 0.789. The molecule has 4 rings (SSSR count). The third-order valence-electron chi connectivity index (χ3n) is 7.35. The molecule has 2 nitrogen and oxygen atoms in total. The molecule has 21 heavy (non-hydrogen) atoms. The van der Waals surface area contributed by atoms with Crippen molar-refractivity contribution in [3.63, 3.8) is 0 Å². The van der Waals surface area contributed by atoms with Crippen molar-refractivity contribution in [3.05, 3.63) is 11.1 Å². The van der Waals surface area contributed by atoms with E-state index in [9.17, 15) is 9.59 Å². The Morgan fingerprint density at radius 3 is 2.33 bits per heavy atom. The molecule has 4 aliphatic rings. The normalized spacial score (nSPS) is 46.2. The fourth-order valence-electron chi connectivity index (χ4n) is 6.05. The van der Waals surface area contributed by atoms with Crippen LogP contribution in [0, 0.1) is 22.7 Å². The van der Waals surface area contributed by atoms with E-state index in [0.29, 0.717) is 23.4 Å². The molecule has 0 bridgehead atoms. The lowest BCUT2D eigenvalue weighted by atomic mass is 9.53. The lowest BCUT2D eigenvalue weighted by Gasteiger charge is -2.51. The highest BCUT2D eigenvalue weighted by Gasteiger charge is 2.54. The molecule has 2 fully saturated rings. The van der Waals surface area contributed by atoms with Crippen molar-refractivity contribution in [3.8, 4) is 0 Å². The van der Waals surface area contributed by atoms with Gasteiger partial charge in [0.1, 0.15) is 11.6 Å². The van der Waals surface area contributed by atoms with Crippen LogP contribution in [-0.2, 0) is 9.59 Å². The largest absolute Gasteiger partial charge is 0.300 e. The van der Waals surface area contributed by atoms with Crippen LogP contribution in [0.5, 0.6) is 0 Å². The molecule has 0 heterocycles. The molecular formula is C19H26O2. The number of carbonyl (C=O) groups is 2. The van der Waals surface area contributed by atoms with Crippen molar-refractivity contribution in [2.75, 3.05) is 0 Å². The Hall–Kier alpha value is -0.920. The summed E-state index contributed by atoms with van der Waals surface area (Å²) >= 11 is 0. The van der Waals surface area contributed by atoms with E-state index in [1.54, 1.807) is 11.1 Å². The third kappa shape index (κ3) is 1.77. The molecule has 0 aromatic rings. The van der Waals surface area contributed by atoms with Gasteiger partial charge in [-0.05, 0) is 55.8 Å². The molecule has 4 aliphatic carbocycles. The zero-order valence-corrected chi connectivity index (χ0v) is 13.3. The van der Waals surface area contributed by atoms with E-state index >= 15 is 0 Å². The van der Waals surface area contributed by atoms with Gasteiger partial charge in [-0.1, -0.05) is 25.0 Å². The van der Waals surface area contributed by atoms with Crippen LogP contribution >= 0.6 is 0 Å². The SMILES string of the molecule is C[C@]12CCC3=C(CC[C@@]4(C)C(=O)CC[C@H]34)[C@@H]1CCC(=O)C2. The molecular weight excluding hydrogens is 260 g/mol. The molecule has 0 aromatic heterocycles. The topological polar surface area (TPSA) is 34.1 Å². The number of allylic oxidation sites excluding steroid dienone is 2. The van der Waals surface area contributed by atoms with Crippen molar-refractivity contribution in [2.24, 2.45) is 22.7 Å². The molecule has 0 spiro atoms. The first-order chi connectivity index (χ1) is 9.94. The summed E-state index contributed by atoms with van der Waals surface area (Å²) in [7, 11) is 0. The first-order valence-electron chi connectivity index (χ1n) is 8.71. The van der Waals surface area contributed by atoms with Gasteiger partial charge in [0, 0.05) is 24.7 Å². The average Bonchev–Trinajstić information content (AvgIpc) is 2.73. The summed E-state index contributed by atoms with van der Waals surface area (Å²) in [5.74, 6) is 2.12. The van der Waals surface area contributed by atoms with E-state index in [-0.39, 0.29) is 10.8 Å². The minimum Gasteiger partial charge on any atom is -0.300 e. The molecule has 2 heteroatoms. The van der Waals surface area contributed by atoms with Gasteiger partial charge in [0.2, 0.25) is 0 Å². The van der Waals surface area contributed by atoms with E-state index in [1.807, 2.05) is 0 Å². The number of hydrogen-bond donors (Lipinski definition) is 0. The number of ketones is 2. The Morgan fingerprint density at radius 2 is 1.52 bits per heavy atom. The van der Waals surface area contributed by atoms with Gasteiger partial charge in [0.05, 0.1) is 0 Å². The van der Waals surface area contributed by atoms with Crippen molar-refractivity contribution in [2.45, 2.75) is 71.6 Å². The van der Waals surface area contributed by atoms with E-state index in [2.05, 4.69) is 13.8 Å². The fourth-order valence-corrected chi connectivity index (χ4v) is 6.05. The zero-order chi connectivity index (χ0) is 14.8. The quantitative estimate of drug-likeness (QED) is 0.624. The van der Waals surface area contributed by atoms with Gasteiger partial charge in [-0.25, -0.2) is 0 Å². The van der Waals surface area contributed by atoms with Crippen molar-refractivity contribution >= 4 is 11.6 Å². The van der Waals surface area contributed by atoms with Gasteiger partial charge in [-0.2, -0.15) is 0 Å². The molecule has 0 unspecified atom stereocenters. The van der Waals surface area contributed by atoms with Crippen LogP contribution < -0.4 is 0 Å². The highest BCUT2D eigenvalue weighted by Crippen LogP contribution is 2.61. The Bertz CT molecular complexity index is 558. The van der Waals surface area contributed by atoms with Gasteiger partial charge >= 0.3 is 0 Å². The predicted molar refractivity (Wildman–Crippen MR) is 81.8 cm³/mol. The first-order valence-corrected chi connectivity index (χ1v) is 8.71. The van der Waals surface area contributed by atoms with E-state index in [0.717, 1.165) is 57.8 Å². The number of fused-ring (bicyclic) bond motifs is 4. The Labute approximate surface area is 127 Å². The highest BCUT2D eigenvalue weighted by atomic mass is 16.1. The lowest BCUT2D eigenvalue weighted by Crippen LogP contribution is -2.43. The standard InChI is InChI=1S/C19H26O2/c1-18-9-7-14-13(15(18)4-3-12(20)11-18)8-10-19(2)16(14)5-6-17(19)21/h15-16H,3-11H2,1-2H3/t15-,16+,18+,19+/m0/s1. The van der Waals surface area contributed by atoms with Gasteiger partial charge in [0.25, 0.3) is 0 Å². The second kappa shape index (κ2) is 4.30. The van der Waals surface area contributed by atoms with E-state index in [4.69, 9.17) is 0 Å². The summed E-state index contributed by atoms with van der Waals surface area (Å²) in [6.45, 7) is 4.56. The maximum absolute atomic E-state index is 12.3. The summed E-state index contributed by atoms with van der Waals surface area (Å²) in [6, 6.07) is 0. The van der Waals surface area contributed by atoms with Crippen LogP contribution in [0.4, 0.5) is 0 Å². The maximum atomic E-state index is 12.3. The molecule has 0 radical (unpaired) electrons. The molecule has 2 saturated carbocycles. The lowest BCUT2D eigenvalue weighted by molar-refractivity contribution is -0.126. The number of Topliss-reactive ketones (excluding diaryl/α,β-unsaturated/α-hetero) is 2. The summed E-state index contributed by atoms with van der Waals surface area (Å²) in [5.41, 5.74) is 3.47. The monoisotopic (exact) mass is 286 g/mol. The van der Waals surface area contributed by atoms with Crippen molar-refractivity contribution in [1.29, 1.82) is 0 Å². The third-order valence-corrected chi connectivity index (χ3v) is 7.35. The number of hydrogen-bond acceptors (Lipinski definition) is 2. The summed E-state index contributed by atoms with van der Waals surface area (Å²) in [5, 5.41) is 0. The molecule has 114 valence electrons. The second-order valence-corrected chi connectivity index (χ2v) is 8.44. The Kier molecular flexibility index (Phi) is 2.81. The van der Waals surface area contributed by atoms with Gasteiger partial charge < -0.3 is 0 Å². The summed E-state index contributed by atoms with van der Waals surface area (Å²) in [6.07, 6.45) is 8.96. The average molecular weight is 286 g/mol. The summed E-state index contributed by atoms with van der Waals surface area (Å²) < 4.78 is 0. The maximum Gasteiger partial charge on any atom is 0.139 e. The van der Waals surface area contributed by atoms with E-state index < -0.39 is 0 Å². The smallest absolute Gasteiger partial charge is 0.139 e. The van der Waals surface area contributed by atoms with Crippen molar-refractivity contribution in [1.82, 2.24) is 0 Å². The molecule has 4 atom stereocenters. The minimum atomic E-state index is -0.0585. The van der Waals surface area contributed by atoms with Crippen LogP contribution in [0.1, 0.15) is 71.6 Å². The Morgan fingerprint density at radius 1 is 0.857 bits per heavy atom. The second-order valence-electron chi connectivity index (χ2n) is 8.44. The van der Waals surface area contributed by atoms with Gasteiger partial charge in [-0.15, -0.1) is 0 Å². The van der Waals surface area contributed by atoms with Crippen LogP contribution in [0.25, 0.3) is 0 Å². The van der Waals surface area contributed by atoms with Crippen LogP contribution in [-0.4, -0.2) is 11.6 Å². The Balaban J connectivity index is 1.74. The molecule has 0 aliphatic heterocycles. The van der Waals surface area contributed by atoms with Gasteiger partial charge in [0.15, 0.2) is 0 Å². The molecule has 0 aromatic carbocycles. The zero-order valence-electron chi connectivity index (χ0n) is 13.3. The van der Waals surface area contributed by atoms with E-state index in [1.165, 1.54) is 0 Å². The van der Waals surface area contributed by atoms with Gasteiger partial charge in [-0.3, -0.25) is 9.59 Å². The number of rotatable bonds is 0. The van der Waals surface area contributed by atoms with Crippen LogP contribution in [0.2, 0.25) is 0 Å². The molecule has 0 amide bonds. The number of carbonyl (C=O) groups excluding carboxylic acids is 2. The van der Waals surface area contributed by atoms with Crippen LogP contribution in [0.3, 0.4) is 0 Å². The van der Waals surface area contributed by atoms with Crippen LogP contribution in [0.15, 0.2) is 11.1 Å². The predicted octanol–water partition coefficient (Wildman–Crippen LogP) is 4.23. The highest BCUT2D eigenvalue weighted by molar-refractivity contribution is 5.88. The minimum absolute atomic E-state index is 0.0585. The van der Waals surface area contributed by atoms with Crippen molar-refractivity contribution < 1.29 is 9.59 Å². The first kappa shape index (κ1) is 13.7. The molecule has 0 saturated heterocycles.